The molecular formula is C16H12BrNO4. The van der Waals surface area contributed by atoms with Gasteiger partial charge in [0.15, 0.2) is 5.78 Å². The Bertz CT molecular complexity index is 738. The Kier molecular flexibility index (Phi) is 5.06. The Morgan fingerprint density at radius 3 is 2.50 bits per heavy atom. The second-order valence-corrected chi connectivity index (χ2v) is 5.30. The fourth-order valence-corrected chi connectivity index (χ4v) is 2.22. The lowest BCUT2D eigenvalue weighted by Crippen LogP contribution is -1.95. The van der Waals surface area contributed by atoms with Gasteiger partial charge in [-0.3, -0.25) is 14.9 Å². The highest BCUT2D eigenvalue weighted by atomic mass is 79.9. The van der Waals surface area contributed by atoms with Crippen molar-refractivity contribution < 1.29 is 14.5 Å². The maximum absolute atomic E-state index is 12.1. The number of hydrogen-bond acceptors (Lipinski definition) is 4. The van der Waals surface area contributed by atoms with Crippen LogP contribution in [0.1, 0.15) is 15.9 Å². The van der Waals surface area contributed by atoms with Crippen LogP contribution >= 0.6 is 15.9 Å². The summed E-state index contributed by atoms with van der Waals surface area (Å²) in [7, 11) is 1.55. The van der Waals surface area contributed by atoms with E-state index < -0.39 is 4.92 Å². The van der Waals surface area contributed by atoms with E-state index in [1.807, 2.05) is 12.1 Å². The summed E-state index contributed by atoms with van der Waals surface area (Å²) >= 11 is 3.36. The molecule has 0 aliphatic heterocycles. The summed E-state index contributed by atoms with van der Waals surface area (Å²) in [5.74, 6) is 0.410. The molecule has 0 N–H and O–H groups in total. The summed E-state index contributed by atoms with van der Waals surface area (Å²) in [5.41, 5.74) is 1.09. The third-order valence-corrected chi connectivity index (χ3v) is 3.46. The summed E-state index contributed by atoms with van der Waals surface area (Å²) < 4.78 is 6.09. The molecule has 0 heterocycles. The van der Waals surface area contributed by atoms with Crippen molar-refractivity contribution in [2.45, 2.75) is 0 Å². The first kappa shape index (κ1) is 15.9. The average molecular weight is 362 g/mol. The van der Waals surface area contributed by atoms with Gasteiger partial charge in [0, 0.05) is 27.7 Å². The molecular weight excluding hydrogens is 350 g/mol. The number of non-ortho nitro benzene ring substituents is 1. The zero-order valence-corrected chi connectivity index (χ0v) is 13.2. The van der Waals surface area contributed by atoms with Crippen LogP contribution < -0.4 is 4.74 Å². The molecule has 0 unspecified atom stereocenters. The molecule has 6 heteroatoms. The Hall–Kier alpha value is -2.47. The first-order chi connectivity index (χ1) is 10.5. The van der Waals surface area contributed by atoms with Gasteiger partial charge in [-0.1, -0.05) is 15.9 Å². The molecule has 2 aromatic rings. The number of ether oxygens (including phenoxy) is 1. The lowest BCUT2D eigenvalue weighted by molar-refractivity contribution is -0.384. The van der Waals surface area contributed by atoms with Crippen LogP contribution in [-0.2, 0) is 0 Å². The summed E-state index contributed by atoms with van der Waals surface area (Å²) in [6.07, 6.45) is 3.05. The molecule has 2 aromatic carbocycles. The van der Waals surface area contributed by atoms with Crippen molar-refractivity contribution >= 4 is 33.5 Å². The molecule has 0 spiro atoms. The smallest absolute Gasteiger partial charge is 0.269 e. The molecule has 0 aliphatic carbocycles. The van der Waals surface area contributed by atoms with E-state index in [-0.39, 0.29) is 11.5 Å². The molecule has 22 heavy (non-hydrogen) atoms. The van der Waals surface area contributed by atoms with Gasteiger partial charge in [0.1, 0.15) is 5.75 Å². The van der Waals surface area contributed by atoms with E-state index in [0.29, 0.717) is 11.3 Å². The van der Waals surface area contributed by atoms with Gasteiger partial charge in [0.25, 0.3) is 5.69 Å². The molecule has 0 aromatic heterocycles. The Labute approximate surface area is 135 Å². The van der Waals surface area contributed by atoms with Crippen LogP contribution in [0.15, 0.2) is 53.0 Å². The summed E-state index contributed by atoms with van der Waals surface area (Å²) in [4.78, 5) is 22.2. The predicted octanol–water partition coefficient (Wildman–Crippen LogP) is 4.26. The number of methoxy groups -OCH3 is 1. The zero-order chi connectivity index (χ0) is 16.1. The van der Waals surface area contributed by atoms with Crippen molar-refractivity contribution in [1.82, 2.24) is 0 Å². The highest BCUT2D eigenvalue weighted by Gasteiger charge is 2.08. The van der Waals surface area contributed by atoms with Crippen molar-refractivity contribution in [1.29, 1.82) is 0 Å². The lowest BCUT2D eigenvalue weighted by Gasteiger charge is -2.04. The van der Waals surface area contributed by atoms with Gasteiger partial charge in [0.05, 0.1) is 12.0 Å². The monoisotopic (exact) mass is 361 g/mol. The average Bonchev–Trinajstić information content (AvgIpc) is 2.52. The van der Waals surface area contributed by atoms with Crippen molar-refractivity contribution in [2.75, 3.05) is 7.11 Å². The van der Waals surface area contributed by atoms with E-state index >= 15 is 0 Å². The number of nitrogens with zero attached hydrogens (tertiary/aromatic N) is 1. The van der Waals surface area contributed by atoms with E-state index in [9.17, 15) is 14.9 Å². The summed E-state index contributed by atoms with van der Waals surface area (Å²) in [6.45, 7) is 0. The highest BCUT2D eigenvalue weighted by Crippen LogP contribution is 2.24. The zero-order valence-electron chi connectivity index (χ0n) is 11.7. The highest BCUT2D eigenvalue weighted by molar-refractivity contribution is 9.10. The van der Waals surface area contributed by atoms with Crippen molar-refractivity contribution in [3.05, 3.63) is 74.3 Å². The molecule has 0 aliphatic rings. The summed E-state index contributed by atoms with van der Waals surface area (Å²) in [6, 6.07) is 10.9. The van der Waals surface area contributed by atoms with Gasteiger partial charge >= 0.3 is 0 Å². The van der Waals surface area contributed by atoms with Crippen LogP contribution in [0.5, 0.6) is 5.75 Å². The molecule has 0 fully saturated rings. The van der Waals surface area contributed by atoms with Crippen molar-refractivity contribution in [3.63, 3.8) is 0 Å². The third-order valence-electron chi connectivity index (χ3n) is 2.97. The Morgan fingerprint density at radius 1 is 1.23 bits per heavy atom. The molecule has 2 rings (SSSR count). The summed E-state index contributed by atoms with van der Waals surface area (Å²) in [5, 5.41) is 10.6. The Morgan fingerprint density at radius 2 is 1.91 bits per heavy atom. The second kappa shape index (κ2) is 7.00. The quantitative estimate of drug-likeness (QED) is 0.345. The largest absolute Gasteiger partial charge is 0.496 e. The number of nitro groups is 1. The normalized spacial score (nSPS) is 10.6. The first-order valence-electron chi connectivity index (χ1n) is 6.31. The minimum Gasteiger partial charge on any atom is -0.496 e. The minimum atomic E-state index is -0.504. The van der Waals surface area contributed by atoms with E-state index in [1.165, 1.54) is 30.3 Å². The van der Waals surface area contributed by atoms with Crippen molar-refractivity contribution in [3.8, 4) is 5.75 Å². The molecule has 112 valence electrons. The fraction of sp³-hybridized carbons (Fsp3) is 0.0625. The number of rotatable bonds is 5. The fourth-order valence-electron chi connectivity index (χ4n) is 1.84. The van der Waals surface area contributed by atoms with Crippen LogP contribution in [0.3, 0.4) is 0 Å². The maximum atomic E-state index is 12.1. The van der Waals surface area contributed by atoms with E-state index in [1.54, 1.807) is 19.3 Å². The first-order valence-corrected chi connectivity index (χ1v) is 7.11. The van der Waals surface area contributed by atoms with Gasteiger partial charge in [-0.25, -0.2) is 0 Å². The minimum absolute atomic E-state index is 0.0470. The molecule has 0 amide bonds. The number of carbonyl (C=O) groups excluding carboxylic acids is 1. The van der Waals surface area contributed by atoms with Crippen LogP contribution in [0, 0.1) is 10.1 Å². The number of benzene rings is 2. The van der Waals surface area contributed by atoms with Gasteiger partial charge in [-0.05, 0) is 42.5 Å². The second-order valence-electron chi connectivity index (χ2n) is 4.39. The molecule has 0 saturated heterocycles. The van der Waals surface area contributed by atoms with Crippen LogP contribution in [0.25, 0.3) is 6.08 Å². The molecule has 0 saturated carbocycles. The van der Waals surface area contributed by atoms with Gasteiger partial charge in [0.2, 0.25) is 0 Å². The number of hydrogen-bond donors (Lipinski definition) is 0. The van der Waals surface area contributed by atoms with Gasteiger partial charge in [-0.15, -0.1) is 0 Å². The number of allylic oxidation sites excluding steroid dienone is 1. The van der Waals surface area contributed by atoms with Crippen LogP contribution in [-0.4, -0.2) is 17.8 Å². The SMILES string of the molecule is COc1ccc(Br)cc1/C=C/C(=O)c1ccc([N+](=O)[O-])cc1. The standard InChI is InChI=1S/C16H12BrNO4/c1-22-16-9-5-13(17)10-12(16)4-8-15(19)11-2-6-14(7-3-11)18(20)21/h2-10H,1H3/b8-4+. The number of ketones is 1. The molecule has 0 radical (unpaired) electrons. The number of nitro benzene ring substituents is 1. The molecule has 5 nitrogen and oxygen atoms in total. The van der Waals surface area contributed by atoms with Gasteiger partial charge < -0.3 is 4.74 Å². The number of halogens is 1. The van der Waals surface area contributed by atoms with Crippen molar-refractivity contribution in [2.24, 2.45) is 0 Å². The molecule has 0 atom stereocenters. The Balaban J connectivity index is 2.21. The van der Waals surface area contributed by atoms with Gasteiger partial charge in [-0.2, -0.15) is 0 Å². The predicted molar refractivity (Wildman–Crippen MR) is 87.2 cm³/mol. The van der Waals surface area contributed by atoms with E-state index in [4.69, 9.17) is 4.74 Å². The van der Waals surface area contributed by atoms with E-state index in [0.717, 1.165) is 10.0 Å². The third kappa shape index (κ3) is 3.79. The number of carbonyl (C=O) groups is 1. The lowest BCUT2D eigenvalue weighted by atomic mass is 10.1. The topological polar surface area (TPSA) is 69.4 Å². The van der Waals surface area contributed by atoms with E-state index in [2.05, 4.69) is 15.9 Å². The van der Waals surface area contributed by atoms with Crippen LogP contribution in [0.4, 0.5) is 5.69 Å². The maximum Gasteiger partial charge on any atom is 0.269 e. The molecule has 0 bridgehead atoms. The van der Waals surface area contributed by atoms with Crippen LogP contribution in [0.2, 0.25) is 0 Å².